The SMILES string of the molecule is Cc1ccc(F)cc1C(=O)C1CCC(CN)O1. The van der Waals surface area contributed by atoms with Crippen molar-refractivity contribution in [1.29, 1.82) is 0 Å². The molecule has 3 nitrogen and oxygen atoms in total. The summed E-state index contributed by atoms with van der Waals surface area (Å²) in [4.78, 5) is 12.1. The van der Waals surface area contributed by atoms with Crippen LogP contribution in [0.2, 0.25) is 0 Å². The number of carbonyl (C=O) groups is 1. The summed E-state index contributed by atoms with van der Waals surface area (Å²) in [5.74, 6) is -0.537. The third-order valence-corrected chi connectivity index (χ3v) is 3.13. The maximum absolute atomic E-state index is 13.1. The van der Waals surface area contributed by atoms with Crippen molar-refractivity contribution in [3.63, 3.8) is 0 Å². The highest BCUT2D eigenvalue weighted by Gasteiger charge is 2.31. The number of benzene rings is 1. The number of ketones is 1. The Kier molecular flexibility index (Phi) is 3.54. The van der Waals surface area contributed by atoms with Gasteiger partial charge in [0.25, 0.3) is 0 Å². The smallest absolute Gasteiger partial charge is 0.191 e. The van der Waals surface area contributed by atoms with Gasteiger partial charge in [0.15, 0.2) is 5.78 Å². The summed E-state index contributed by atoms with van der Waals surface area (Å²) in [6.45, 7) is 2.22. The predicted molar refractivity (Wildman–Crippen MR) is 62.4 cm³/mol. The van der Waals surface area contributed by atoms with Gasteiger partial charge in [-0.3, -0.25) is 4.79 Å². The van der Waals surface area contributed by atoms with Crippen molar-refractivity contribution in [2.75, 3.05) is 6.54 Å². The lowest BCUT2D eigenvalue weighted by atomic mass is 9.99. The molecule has 1 heterocycles. The van der Waals surface area contributed by atoms with E-state index in [0.717, 1.165) is 12.0 Å². The summed E-state index contributed by atoms with van der Waals surface area (Å²) >= 11 is 0. The van der Waals surface area contributed by atoms with Crippen LogP contribution >= 0.6 is 0 Å². The maximum Gasteiger partial charge on any atom is 0.191 e. The largest absolute Gasteiger partial charge is 0.366 e. The van der Waals surface area contributed by atoms with E-state index in [9.17, 15) is 9.18 Å². The summed E-state index contributed by atoms with van der Waals surface area (Å²) < 4.78 is 18.6. The molecule has 1 aliphatic rings. The summed E-state index contributed by atoms with van der Waals surface area (Å²) in [6, 6.07) is 4.24. The molecule has 1 saturated heterocycles. The minimum absolute atomic E-state index is 0.0437. The standard InChI is InChI=1S/C13H16FNO2/c1-8-2-3-9(14)6-11(8)13(16)12-5-4-10(7-15)17-12/h2-3,6,10,12H,4-5,7,15H2,1H3. The molecule has 2 N–H and O–H groups in total. The Hall–Kier alpha value is -1.26. The summed E-state index contributed by atoms with van der Waals surface area (Å²) in [7, 11) is 0. The van der Waals surface area contributed by atoms with Crippen molar-refractivity contribution < 1.29 is 13.9 Å². The third kappa shape index (κ3) is 2.53. The van der Waals surface area contributed by atoms with Crippen LogP contribution in [0.15, 0.2) is 18.2 Å². The summed E-state index contributed by atoms with van der Waals surface area (Å²) in [5.41, 5.74) is 6.68. The van der Waals surface area contributed by atoms with Gasteiger partial charge in [-0.1, -0.05) is 6.07 Å². The molecule has 2 rings (SSSR count). The second-order valence-electron chi connectivity index (χ2n) is 4.38. The Labute approximate surface area is 99.8 Å². The minimum Gasteiger partial charge on any atom is -0.366 e. The first-order valence-corrected chi connectivity index (χ1v) is 5.77. The lowest BCUT2D eigenvalue weighted by Crippen LogP contribution is -2.25. The first-order chi connectivity index (χ1) is 8.11. The Morgan fingerprint density at radius 2 is 2.29 bits per heavy atom. The number of ether oxygens (including phenoxy) is 1. The number of carbonyl (C=O) groups excluding carboxylic acids is 1. The van der Waals surface area contributed by atoms with Crippen molar-refractivity contribution in [2.45, 2.75) is 32.0 Å². The highest BCUT2D eigenvalue weighted by Crippen LogP contribution is 2.24. The molecule has 1 aliphatic heterocycles. The number of halogens is 1. The van der Waals surface area contributed by atoms with Crippen molar-refractivity contribution >= 4 is 5.78 Å². The lowest BCUT2D eigenvalue weighted by Gasteiger charge is -2.12. The van der Waals surface area contributed by atoms with Gasteiger partial charge in [0.05, 0.1) is 6.10 Å². The topological polar surface area (TPSA) is 52.3 Å². The average molecular weight is 237 g/mol. The Bertz CT molecular complexity index is 433. The van der Waals surface area contributed by atoms with Crippen molar-refractivity contribution in [1.82, 2.24) is 0 Å². The Morgan fingerprint density at radius 3 is 2.94 bits per heavy atom. The van der Waals surface area contributed by atoms with Gasteiger partial charge in [-0.2, -0.15) is 0 Å². The van der Waals surface area contributed by atoms with Crippen molar-refractivity contribution in [3.05, 3.63) is 35.1 Å². The second-order valence-corrected chi connectivity index (χ2v) is 4.38. The van der Waals surface area contributed by atoms with Gasteiger partial charge in [-0.05, 0) is 37.5 Å². The zero-order chi connectivity index (χ0) is 12.4. The molecule has 0 bridgehead atoms. The van der Waals surface area contributed by atoms with E-state index < -0.39 is 11.9 Å². The van der Waals surface area contributed by atoms with Gasteiger partial charge in [0, 0.05) is 12.1 Å². The predicted octanol–water partition coefficient (Wildman–Crippen LogP) is 1.82. The maximum atomic E-state index is 13.1. The van der Waals surface area contributed by atoms with Crippen LogP contribution in [-0.2, 0) is 4.74 Å². The van der Waals surface area contributed by atoms with E-state index in [1.165, 1.54) is 12.1 Å². The van der Waals surface area contributed by atoms with E-state index in [4.69, 9.17) is 10.5 Å². The van der Waals surface area contributed by atoms with Crippen molar-refractivity contribution in [3.8, 4) is 0 Å². The molecule has 0 aliphatic carbocycles. The number of nitrogens with two attached hydrogens (primary N) is 1. The molecule has 17 heavy (non-hydrogen) atoms. The van der Waals surface area contributed by atoms with E-state index in [1.54, 1.807) is 13.0 Å². The molecule has 1 aromatic rings. The number of hydrogen-bond acceptors (Lipinski definition) is 3. The molecule has 0 aromatic heterocycles. The normalized spacial score (nSPS) is 23.9. The van der Waals surface area contributed by atoms with Crippen molar-refractivity contribution in [2.24, 2.45) is 5.73 Å². The van der Waals surface area contributed by atoms with Gasteiger partial charge in [0.1, 0.15) is 11.9 Å². The van der Waals surface area contributed by atoms with Gasteiger partial charge >= 0.3 is 0 Å². The van der Waals surface area contributed by atoms with Crippen LogP contribution in [0.1, 0.15) is 28.8 Å². The molecule has 1 aromatic carbocycles. The van der Waals surface area contributed by atoms with Gasteiger partial charge in [-0.25, -0.2) is 4.39 Å². The molecule has 0 spiro atoms. The first-order valence-electron chi connectivity index (χ1n) is 5.77. The van der Waals surface area contributed by atoms with Crippen LogP contribution in [0, 0.1) is 12.7 Å². The molecule has 0 amide bonds. The molecule has 92 valence electrons. The Morgan fingerprint density at radius 1 is 1.53 bits per heavy atom. The minimum atomic E-state index is -0.468. The first kappa shape index (κ1) is 12.2. The number of aryl methyl sites for hydroxylation is 1. The quantitative estimate of drug-likeness (QED) is 0.816. The lowest BCUT2D eigenvalue weighted by molar-refractivity contribution is 0.0403. The zero-order valence-electron chi connectivity index (χ0n) is 9.78. The van der Waals surface area contributed by atoms with E-state index in [-0.39, 0.29) is 11.9 Å². The molecule has 2 atom stereocenters. The van der Waals surface area contributed by atoms with Crippen LogP contribution in [0.25, 0.3) is 0 Å². The number of hydrogen-bond donors (Lipinski definition) is 1. The van der Waals surface area contributed by atoms with Gasteiger partial charge < -0.3 is 10.5 Å². The monoisotopic (exact) mass is 237 g/mol. The zero-order valence-corrected chi connectivity index (χ0v) is 9.78. The van der Waals surface area contributed by atoms with E-state index >= 15 is 0 Å². The highest BCUT2D eigenvalue weighted by molar-refractivity contribution is 6.00. The second kappa shape index (κ2) is 4.94. The average Bonchev–Trinajstić information content (AvgIpc) is 2.80. The summed E-state index contributed by atoms with van der Waals surface area (Å²) in [5, 5.41) is 0. The van der Waals surface area contributed by atoms with Crippen LogP contribution in [-0.4, -0.2) is 24.5 Å². The van der Waals surface area contributed by atoms with Crippen LogP contribution in [0.5, 0.6) is 0 Å². The molecule has 2 unspecified atom stereocenters. The van der Waals surface area contributed by atoms with Crippen LogP contribution in [0.4, 0.5) is 4.39 Å². The number of Topliss-reactive ketones (excluding diaryl/α,β-unsaturated/α-hetero) is 1. The van der Waals surface area contributed by atoms with E-state index in [0.29, 0.717) is 18.5 Å². The van der Waals surface area contributed by atoms with Crippen LogP contribution < -0.4 is 5.73 Å². The van der Waals surface area contributed by atoms with E-state index in [1.807, 2.05) is 0 Å². The number of rotatable bonds is 3. The fraction of sp³-hybridized carbons (Fsp3) is 0.462. The molecular formula is C13H16FNO2. The fourth-order valence-electron chi connectivity index (χ4n) is 2.11. The molecular weight excluding hydrogens is 221 g/mol. The van der Waals surface area contributed by atoms with Crippen LogP contribution in [0.3, 0.4) is 0 Å². The highest BCUT2D eigenvalue weighted by atomic mass is 19.1. The molecule has 1 fully saturated rings. The van der Waals surface area contributed by atoms with Gasteiger partial charge in [-0.15, -0.1) is 0 Å². The van der Waals surface area contributed by atoms with Gasteiger partial charge in [0.2, 0.25) is 0 Å². The van der Waals surface area contributed by atoms with E-state index in [2.05, 4.69) is 0 Å². The molecule has 4 heteroatoms. The fourth-order valence-corrected chi connectivity index (χ4v) is 2.11. The Balaban J connectivity index is 2.17. The third-order valence-electron chi connectivity index (χ3n) is 3.13. The summed E-state index contributed by atoms with van der Waals surface area (Å²) in [6.07, 6.45) is 0.944. The molecule has 0 saturated carbocycles. The molecule has 0 radical (unpaired) electrons.